The monoisotopic (exact) mass is 309 g/mol. The van der Waals surface area contributed by atoms with Gasteiger partial charge in [-0.25, -0.2) is 4.39 Å². The Morgan fingerprint density at radius 3 is 2.90 bits per heavy atom. The summed E-state index contributed by atoms with van der Waals surface area (Å²) in [5.41, 5.74) is 1.28. The van der Waals surface area contributed by atoms with Crippen LogP contribution >= 0.6 is 11.6 Å². The van der Waals surface area contributed by atoms with Crippen LogP contribution in [0.1, 0.15) is 44.6 Å². The van der Waals surface area contributed by atoms with E-state index in [9.17, 15) is 4.39 Å². The van der Waals surface area contributed by atoms with E-state index in [1.807, 2.05) is 6.07 Å². The SMILES string of the molecule is CCCNCC1(Cc2cccc(F)c2Cl)CC2CCC1C2. The fourth-order valence-electron chi connectivity index (χ4n) is 4.63. The molecule has 0 aromatic heterocycles. The zero-order chi connectivity index (χ0) is 14.9. The van der Waals surface area contributed by atoms with E-state index >= 15 is 0 Å². The Morgan fingerprint density at radius 2 is 2.24 bits per heavy atom. The minimum absolute atomic E-state index is 0.283. The third kappa shape index (κ3) is 2.98. The lowest BCUT2D eigenvalue weighted by atomic mass is 9.69. The highest BCUT2D eigenvalue weighted by Gasteiger charge is 2.50. The summed E-state index contributed by atoms with van der Waals surface area (Å²) in [7, 11) is 0. The molecule has 3 unspecified atom stereocenters. The third-order valence-corrected chi connectivity index (χ3v) is 6.00. The van der Waals surface area contributed by atoms with Gasteiger partial charge in [0.05, 0.1) is 5.02 Å². The number of hydrogen-bond acceptors (Lipinski definition) is 1. The van der Waals surface area contributed by atoms with E-state index in [4.69, 9.17) is 11.6 Å². The molecule has 0 saturated heterocycles. The van der Waals surface area contributed by atoms with Crippen LogP contribution in [0.25, 0.3) is 0 Å². The number of benzene rings is 1. The molecule has 1 nitrogen and oxygen atoms in total. The molecule has 2 aliphatic rings. The quantitative estimate of drug-likeness (QED) is 0.742. The van der Waals surface area contributed by atoms with Crippen LogP contribution in [0.15, 0.2) is 18.2 Å². The van der Waals surface area contributed by atoms with Gasteiger partial charge in [-0.3, -0.25) is 0 Å². The number of rotatable bonds is 6. The lowest BCUT2D eigenvalue weighted by molar-refractivity contribution is 0.156. The molecule has 1 aromatic carbocycles. The van der Waals surface area contributed by atoms with E-state index in [1.165, 1.54) is 31.7 Å². The Morgan fingerprint density at radius 1 is 1.38 bits per heavy atom. The first-order valence-corrected chi connectivity index (χ1v) is 8.66. The second-order valence-corrected chi connectivity index (χ2v) is 7.39. The van der Waals surface area contributed by atoms with E-state index in [0.29, 0.717) is 5.02 Å². The van der Waals surface area contributed by atoms with Gasteiger partial charge in [-0.2, -0.15) is 0 Å². The number of halogens is 2. The molecule has 2 fully saturated rings. The first-order chi connectivity index (χ1) is 10.1. The average Bonchev–Trinajstić information content (AvgIpc) is 3.05. The summed E-state index contributed by atoms with van der Waals surface area (Å²) < 4.78 is 13.7. The van der Waals surface area contributed by atoms with Gasteiger partial charge in [0.25, 0.3) is 0 Å². The van der Waals surface area contributed by atoms with E-state index in [2.05, 4.69) is 12.2 Å². The third-order valence-electron chi connectivity index (χ3n) is 5.58. The van der Waals surface area contributed by atoms with E-state index in [0.717, 1.165) is 43.3 Å². The standard InChI is InChI=1S/C18H25ClFN/c1-2-8-21-12-18(10-13-6-7-15(18)9-13)11-14-4-3-5-16(20)17(14)19/h3-5,13,15,21H,2,6-12H2,1H3. The van der Waals surface area contributed by atoms with Crippen LogP contribution in [-0.2, 0) is 6.42 Å². The number of hydrogen-bond donors (Lipinski definition) is 1. The molecule has 2 bridgehead atoms. The van der Waals surface area contributed by atoms with E-state index in [1.54, 1.807) is 6.07 Å². The molecule has 2 saturated carbocycles. The van der Waals surface area contributed by atoms with Crippen molar-refractivity contribution >= 4 is 11.6 Å². The molecule has 2 aliphatic carbocycles. The van der Waals surface area contributed by atoms with Crippen LogP contribution in [-0.4, -0.2) is 13.1 Å². The summed E-state index contributed by atoms with van der Waals surface area (Å²) in [6.45, 7) is 4.31. The second-order valence-electron chi connectivity index (χ2n) is 7.01. The highest BCUT2D eigenvalue weighted by molar-refractivity contribution is 6.31. The van der Waals surface area contributed by atoms with Gasteiger partial charge in [0, 0.05) is 6.54 Å². The molecular weight excluding hydrogens is 285 g/mol. The van der Waals surface area contributed by atoms with Gasteiger partial charge < -0.3 is 5.32 Å². The van der Waals surface area contributed by atoms with Crippen LogP contribution in [0.5, 0.6) is 0 Å². The smallest absolute Gasteiger partial charge is 0.142 e. The first-order valence-electron chi connectivity index (χ1n) is 8.28. The fraction of sp³-hybridized carbons (Fsp3) is 0.667. The molecule has 3 atom stereocenters. The summed E-state index contributed by atoms with van der Waals surface area (Å²) in [5, 5.41) is 3.95. The molecule has 21 heavy (non-hydrogen) atoms. The number of fused-ring (bicyclic) bond motifs is 2. The summed E-state index contributed by atoms with van der Waals surface area (Å²) >= 11 is 6.20. The Bertz CT molecular complexity index is 504. The highest BCUT2D eigenvalue weighted by atomic mass is 35.5. The summed E-state index contributed by atoms with van der Waals surface area (Å²) in [4.78, 5) is 0. The summed E-state index contributed by atoms with van der Waals surface area (Å²) in [5.74, 6) is 1.38. The molecular formula is C18H25ClFN. The van der Waals surface area contributed by atoms with Crippen LogP contribution in [0.2, 0.25) is 5.02 Å². The maximum absolute atomic E-state index is 13.7. The van der Waals surface area contributed by atoms with Crippen LogP contribution in [0.4, 0.5) is 4.39 Å². The van der Waals surface area contributed by atoms with Crippen molar-refractivity contribution in [2.24, 2.45) is 17.3 Å². The fourth-order valence-corrected chi connectivity index (χ4v) is 4.82. The van der Waals surface area contributed by atoms with Gasteiger partial charge in [0.2, 0.25) is 0 Å². The van der Waals surface area contributed by atoms with Crippen LogP contribution < -0.4 is 5.32 Å². The van der Waals surface area contributed by atoms with Gasteiger partial charge in [-0.05, 0) is 67.5 Å². The zero-order valence-corrected chi connectivity index (χ0v) is 13.6. The van der Waals surface area contributed by atoms with Gasteiger partial charge in [-0.1, -0.05) is 37.1 Å². The lowest BCUT2D eigenvalue weighted by Gasteiger charge is -2.38. The molecule has 3 heteroatoms. The first kappa shape index (κ1) is 15.3. The Hall–Kier alpha value is -0.600. The maximum atomic E-state index is 13.7. The molecule has 1 N–H and O–H groups in total. The largest absolute Gasteiger partial charge is 0.316 e. The Labute approximate surface area is 132 Å². The molecule has 0 radical (unpaired) electrons. The summed E-state index contributed by atoms with van der Waals surface area (Å²) in [6.07, 6.45) is 7.44. The molecule has 0 amide bonds. The molecule has 1 aromatic rings. The minimum Gasteiger partial charge on any atom is -0.316 e. The van der Waals surface area contributed by atoms with Gasteiger partial charge in [0.1, 0.15) is 5.82 Å². The van der Waals surface area contributed by atoms with Crippen molar-refractivity contribution in [1.82, 2.24) is 5.32 Å². The van der Waals surface area contributed by atoms with E-state index < -0.39 is 0 Å². The highest BCUT2D eigenvalue weighted by Crippen LogP contribution is 2.57. The molecule has 116 valence electrons. The zero-order valence-electron chi connectivity index (χ0n) is 12.8. The molecule has 3 rings (SSSR count). The average molecular weight is 310 g/mol. The normalized spacial score (nSPS) is 31.0. The van der Waals surface area contributed by atoms with Crippen molar-refractivity contribution in [3.63, 3.8) is 0 Å². The van der Waals surface area contributed by atoms with Crippen molar-refractivity contribution < 1.29 is 4.39 Å². The minimum atomic E-state index is -0.283. The van der Waals surface area contributed by atoms with Crippen LogP contribution in [0, 0.1) is 23.1 Å². The molecule has 0 spiro atoms. The van der Waals surface area contributed by atoms with Gasteiger partial charge in [-0.15, -0.1) is 0 Å². The number of nitrogens with one attached hydrogen (secondary N) is 1. The predicted molar refractivity (Wildman–Crippen MR) is 86.2 cm³/mol. The van der Waals surface area contributed by atoms with Crippen molar-refractivity contribution in [2.45, 2.75) is 45.4 Å². The molecule has 0 aliphatic heterocycles. The van der Waals surface area contributed by atoms with E-state index in [-0.39, 0.29) is 11.2 Å². The lowest BCUT2D eigenvalue weighted by Crippen LogP contribution is -2.40. The van der Waals surface area contributed by atoms with Crippen molar-refractivity contribution in [1.29, 1.82) is 0 Å². The maximum Gasteiger partial charge on any atom is 0.142 e. The topological polar surface area (TPSA) is 12.0 Å². The van der Waals surface area contributed by atoms with Crippen molar-refractivity contribution in [2.75, 3.05) is 13.1 Å². The van der Waals surface area contributed by atoms with Gasteiger partial charge >= 0.3 is 0 Å². The second kappa shape index (κ2) is 6.26. The van der Waals surface area contributed by atoms with Crippen molar-refractivity contribution in [3.8, 4) is 0 Å². The van der Waals surface area contributed by atoms with Crippen LogP contribution in [0.3, 0.4) is 0 Å². The predicted octanol–water partition coefficient (Wildman–Crippen LogP) is 4.83. The van der Waals surface area contributed by atoms with Gasteiger partial charge in [0.15, 0.2) is 0 Å². The van der Waals surface area contributed by atoms with Crippen molar-refractivity contribution in [3.05, 3.63) is 34.6 Å². The molecule has 0 heterocycles. The summed E-state index contributed by atoms with van der Waals surface area (Å²) in [6, 6.07) is 5.24. The Balaban J connectivity index is 1.81. The Kier molecular flexibility index (Phi) is 4.56.